The number of nitrogens with one attached hydrogen (secondary N) is 2. The topological polar surface area (TPSA) is 33.3 Å². The van der Waals surface area contributed by atoms with Gasteiger partial charge in [0, 0.05) is 42.5 Å². The second kappa shape index (κ2) is 8.72. The number of rotatable bonds is 6. The maximum atomic E-state index is 6.32. The van der Waals surface area contributed by atoms with Gasteiger partial charge >= 0.3 is 0 Å². The van der Waals surface area contributed by atoms with Crippen LogP contribution in [0.4, 0.5) is 5.69 Å². The Hall–Kier alpha value is -1.26. The number of methoxy groups -OCH3 is 1. The number of halogens is 2. The van der Waals surface area contributed by atoms with E-state index in [0.717, 1.165) is 30.1 Å². The molecule has 2 aromatic rings. The maximum absolute atomic E-state index is 6.32. The van der Waals surface area contributed by atoms with Crippen molar-refractivity contribution in [3.05, 3.63) is 64.2 Å². The van der Waals surface area contributed by atoms with Gasteiger partial charge in [-0.25, -0.2) is 0 Å². The van der Waals surface area contributed by atoms with Crippen LogP contribution in [0, 0.1) is 0 Å². The molecular weight excluding hydrogens is 343 g/mol. The second-order valence-corrected chi connectivity index (χ2v) is 6.38. The van der Waals surface area contributed by atoms with E-state index in [1.165, 1.54) is 16.8 Å². The van der Waals surface area contributed by atoms with Gasteiger partial charge in [-0.2, -0.15) is 0 Å². The molecule has 1 aliphatic rings. The number of hydrogen-bond acceptors (Lipinski definition) is 3. The highest BCUT2D eigenvalue weighted by molar-refractivity contribution is 6.31. The summed E-state index contributed by atoms with van der Waals surface area (Å²) >= 11 is 6.32. The predicted molar refractivity (Wildman–Crippen MR) is 103 cm³/mol. The van der Waals surface area contributed by atoms with E-state index in [1.54, 1.807) is 7.11 Å². The molecule has 1 aliphatic heterocycles. The van der Waals surface area contributed by atoms with Crippen molar-refractivity contribution in [2.45, 2.75) is 32.0 Å². The van der Waals surface area contributed by atoms with Crippen LogP contribution in [0.5, 0.6) is 0 Å². The molecule has 0 spiro atoms. The van der Waals surface area contributed by atoms with E-state index in [0.29, 0.717) is 0 Å². The molecule has 2 atom stereocenters. The first kappa shape index (κ1) is 19.1. The summed E-state index contributed by atoms with van der Waals surface area (Å²) in [4.78, 5) is 0. The zero-order valence-electron chi connectivity index (χ0n) is 14.0. The SMILES string of the molecule is COC(c1ccccc1Cl)C(C)NCc1cccc2c1NCC2.Cl. The number of benzene rings is 2. The molecule has 0 bridgehead atoms. The van der Waals surface area contributed by atoms with Crippen molar-refractivity contribution < 1.29 is 4.74 Å². The van der Waals surface area contributed by atoms with Gasteiger partial charge in [0.25, 0.3) is 0 Å². The zero-order valence-corrected chi connectivity index (χ0v) is 15.6. The van der Waals surface area contributed by atoms with Crippen molar-refractivity contribution >= 4 is 29.7 Å². The average Bonchev–Trinajstić information content (AvgIpc) is 3.04. The maximum Gasteiger partial charge on any atom is 0.0985 e. The van der Waals surface area contributed by atoms with Crippen LogP contribution in [-0.2, 0) is 17.7 Å². The van der Waals surface area contributed by atoms with Crippen molar-refractivity contribution in [3.63, 3.8) is 0 Å². The lowest BCUT2D eigenvalue weighted by Gasteiger charge is -2.25. The zero-order chi connectivity index (χ0) is 16.2. The summed E-state index contributed by atoms with van der Waals surface area (Å²) in [6.07, 6.45) is 1.03. The van der Waals surface area contributed by atoms with E-state index in [2.05, 4.69) is 35.8 Å². The Morgan fingerprint density at radius 2 is 2.00 bits per heavy atom. The van der Waals surface area contributed by atoms with Gasteiger partial charge in [0.2, 0.25) is 0 Å². The third-order valence-electron chi connectivity index (χ3n) is 4.47. The van der Waals surface area contributed by atoms with E-state index in [1.807, 2.05) is 24.3 Å². The molecule has 0 saturated heterocycles. The van der Waals surface area contributed by atoms with Crippen LogP contribution in [-0.4, -0.2) is 19.7 Å². The van der Waals surface area contributed by atoms with Crippen molar-refractivity contribution in [3.8, 4) is 0 Å². The predicted octanol–water partition coefficient (Wildman–Crippen LogP) is 4.60. The highest BCUT2D eigenvalue weighted by Crippen LogP contribution is 2.29. The average molecular weight is 367 g/mol. The van der Waals surface area contributed by atoms with E-state index in [9.17, 15) is 0 Å². The molecule has 5 heteroatoms. The van der Waals surface area contributed by atoms with Gasteiger partial charge in [0.1, 0.15) is 0 Å². The molecule has 24 heavy (non-hydrogen) atoms. The van der Waals surface area contributed by atoms with Crippen LogP contribution in [0.1, 0.15) is 29.7 Å². The third kappa shape index (κ3) is 4.04. The van der Waals surface area contributed by atoms with Crippen molar-refractivity contribution in [1.29, 1.82) is 0 Å². The third-order valence-corrected chi connectivity index (χ3v) is 4.81. The summed E-state index contributed by atoms with van der Waals surface area (Å²) in [7, 11) is 1.73. The molecule has 2 aromatic carbocycles. The minimum atomic E-state index is -0.0755. The van der Waals surface area contributed by atoms with E-state index in [-0.39, 0.29) is 24.6 Å². The molecule has 0 radical (unpaired) electrons. The first-order chi connectivity index (χ1) is 11.2. The normalized spacial score (nSPS) is 15.1. The van der Waals surface area contributed by atoms with Gasteiger partial charge < -0.3 is 15.4 Å². The van der Waals surface area contributed by atoms with Crippen LogP contribution in [0.2, 0.25) is 5.02 Å². The van der Waals surface area contributed by atoms with Gasteiger partial charge in [0.15, 0.2) is 0 Å². The van der Waals surface area contributed by atoms with Crippen LogP contribution in [0.15, 0.2) is 42.5 Å². The highest BCUT2D eigenvalue weighted by Gasteiger charge is 2.21. The minimum Gasteiger partial charge on any atom is -0.384 e. The molecule has 3 rings (SSSR count). The lowest BCUT2D eigenvalue weighted by molar-refractivity contribution is 0.0730. The quantitative estimate of drug-likeness (QED) is 0.783. The number of ether oxygens (including phenoxy) is 1. The van der Waals surface area contributed by atoms with Gasteiger partial charge in [-0.15, -0.1) is 12.4 Å². The summed E-state index contributed by atoms with van der Waals surface area (Å²) in [6, 6.07) is 14.5. The number of fused-ring (bicyclic) bond motifs is 1. The van der Waals surface area contributed by atoms with Crippen molar-refractivity contribution in [2.24, 2.45) is 0 Å². The summed E-state index contributed by atoms with van der Waals surface area (Å²) in [6.45, 7) is 3.97. The Morgan fingerprint density at radius 3 is 2.75 bits per heavy atom. The van der Waals surface area contributed by atoms with Gasteiger partial charge in [-0.1, -0.05) is 48.0 Å². The van der Waals surface area contributed by atoms with Crippen LogP contribution in [0.3, 0.4) is 0 Å². The van der Waals surface area contributed by atoms with E-state index < -0.39 is 0 Å². The molecule has 2 unspecified atom stereocenters. The number of hydrogen-bond donors (Lipinski definition) is 2. The number of para-hydroxylation sites is 1. The molecule has 0 saturated carbocycles. The molecule has 0 aromatic heterocycles. The molecule has 3 nitrogen and oxygen atoms in total. The van der Waals surface area contributed by atoms with E-state index in [4.69, 9.17) is 16.3 Å². The van der Waals surface area contributed by atoms with Crippen molar-refractivity contribution in [1.82, 2.24) is 5.32 Å². The fraction of sp³-hybridized carbons (Fsp3) is 0.368. The van der Waals surface area contributed by atoms with E-state index >= 15 is 0 Å². The molecular formula is C19H24Cl2N2O. The van der Waals surface area contributed by atoms with Crippen molar-refractivity contribution in [2.75, 3.05) is 19.0 Å². The van der Waals surface area contributed by atoms with Crippen LogP contribution < -0.4 is 10.6 Å². The Bertz CT molecular complexity index is 678. The fourth-order valence-electron chi connectivity index (χ4n) is 3.24. The highest BCUT2D eigenvalue weighted by atomic mass is 35.5. The summed E-state index contributed by atoms with van der Waals surface area (Å²) in [5.41, 5.74) is 5.03. The lowest BCUT2D eigenvalue weighted by atomic mass is 10.0. The Kier molecular flexibility index (Phi) is 6.93. The fourth-order valence-corrected chi connectivity index (χ4v) is 3.49. The van der Waals surface area contributed by atoms with Gasteiger partial charge in [-0.3, -0.25) is 0 Å². The molecule has 0 aliphatic carbocycles. The lowest BCUT2D eigenvalue weighted by Crippen LogP contribution is -2.33. The Labute approximate surface area is 155 Å². The molecule has 1 heterocycles. The summed E-state index contributed by atoms with van der Waals surface area (Å²) in [5.74, 6) is 0. The smallest absolute Gasteiger partial charge is 0.0985 e. The minimum absolute atomic E-state index is 0. The monoisotopic (exact) mass is 366 g/mol. The largest absolute Gasteiger partial charge is 0.384 e. The standard InChI is InChI=1S/C19H23ClN2O.ClH/c1-13(19(23-2)16-8-3-4-9-17(16)20)22-12-15-7-5-6-14-10-11-21-18(14)15;/h3-9,13,19,21-22H,10-12H2,1-2H3;1H. The second-order valence-electron chi connectivity index (χ2n) is 5.98. The molecule has 0 amide bonds. The number of anilines is 1. The molecule has 130 valence electrons. The summed E-state index contributed by atoms with van der Waals surface area (Å²) in [5, 5.41) is 7.81. The van der Waals surface area contributed by atoms with Gasteiger partial charge in [0.05, 0.1) is 6.10 Å². The first-order valence-corrected chi connectivity index (χ1v) is 8.43. The van der Waals surface area contributed by atoms with Crippen LogP contribution in [0.25, 0.3) is 0 Å². The Balaban J connectivity index is 0.00000208. The summed E-state index contributed by atoms with van der Waals surface area (Å²) < 4.78 is 5.70. The molecule has 0 fully saturated rings. The van der Waals surface area contributed by atoms with Crippen LogP contribution >= 0.6 is 24.0 Å². The van der Waals surface area contributed by atoms with Gasteiger partial charge in [-0.05, 0) is 30.5 Å². The first-order valence-electron chi connectivity index (χ1n) is 8.06. The Morgan fingerprint density at radius 1 is 1.21 bits per heavy atom. The molecule has 2 N–H and O–H groups in total.